The molecule has 0 saturated heterocycles. The van der Waals surface area contributed by atoms with Crippen molar-refractivity contribution in [1.29, 1.82) is 0 Å². The lowest BCUT2D eigenvalue weighted by atomic mass is 10.00. The van der Waals surface area contributed by atoms with E-state index < -0.39 is 5.97 Å². The van der Waals surface area contributed by atoms with Crippen molar-refractivity contribution in [1.82, 2.24) is 0 Å². The van der Waals surface area contributed by atoms with Crippen LogP contribution in [-0.2, 0) is 0 Å². The van der Waals surface area contributed by atoms with E-state index in [4.69, 9.17) is 5.11 Å². The van der Waals surface area contributed by atoms with Crippen LogP contribution in [0.25, 0.3) is 21.5 Å². The Bertz CT molecular complexity index is 819. The first kappa shape index (κ1) is 11.5. The summed E-state index contributed by atoms with van der Waals surface area (Å²) in [6.07, 6.45) is 0. The molecule has 19 heavy (non-hydrogen) atoms. The fourth-order valence-corrected chi connectivity index (χ4v) is 2.33. The Balaban J connectivity index is 2.38. The molecule has 0 aromatic heterocycles. The highest BCUT2D eigenvalue weighted by atomic mass is 16.4. The number of aromatic carboxylic acids is 1. The minimum absolute atomic E-state index is 0.0704. The zero-order valence-corrected chi connectivity index (χ0v) is 10.3. The van der Waals surface area contributed by atoms with Crippen LogP contribution in [0.4, 0.5) is 0 Å². The van der Waals surface area contributed by atoms with Crippen LogP contribution in [0.5, 0.6) is 5.75 Å². The summed E-state index contributed by atoms with van der Waals surface area (Å²) >= 11 is 0. The Morgan fingerprint density at radius 1 is 0.895 bits per heavy atom. The lowest BCUT2D eigenvalue weighted by Crippen LogP contribution is -1.96. The van der Waals surface area contributed by atoms with Crippen LogP contribution in [0.2, 0.25) is 0 Å². The van der Waals surface area contributed by atoms with Crippen LogP contribution in [0.15, 0.2) is 42.5 Å². The molecular weight excluding hydrogens is 240 g/mol. The van der Waals surface area contributed by atoms with E-state index in [0.717, 1.165) is 21.5 Å². The van der Waals surface area contributed by atoms with E-state index in [1.165, 1.54) is 17.7 Å². The van der Waals surface area contributed by atoms with E-state index >= 15 is 0 Å². The third-order valence-electron chi connectivity index (χ3n) is 3.30. The van der Waals surface area contributed by atoms with Gasteiger partial charge in [0.15, 0.2) is 0 Å². The summed E-state index contributed by atoms with van der Waals surface area (Å²) in [5.74, 6) is -1.32. The van der Waals surface area contributed by atoms with Gasteiger partial charge in [-0.1, -0.05) is 23.8 Å². The molecule has 0 amide bonds. The van der Waals surface area contributed by atoms with Gasteiger partial charge in [-0.3, -0.25) is 0 Å². The Morgan fingerprint density at radius 2 is 1.53 bits per heavy atom. The number of hydrogen-bond acceptors (Lipinski definition) is 2. The molecule has 0 fully saturated rings. The molecule has 0 bridgehead atoms. The molecule has 2 N–H and O–H groups in total. The number of carboxylic acid groups (broad SMARTS) is 1. The molecule has 0 spiro atoms. The van der Waals surface area contributed by atoms with Gasteiger partial charge in [-0.25, -0.2) is 4.79 Å². The van der Waals surface area contributed by atoms with Gasteiger partial charge in [-0.05, 0) is 52.7 Å². The molecule has 0 radical (unpaired) electrons. The van der Waals surface area contributed by atoms with Crippen molar-refractivity contribution in [3.63, 3.8) is 0 Å². The van der Waals surface area contributed by atoms with E-state index in [9.17, 15) is 9.90 Å². The highest BCUT2D eigenvalue weighted by molar-refractivity contribution is 6.03. The van der Waals surface area contributed by atoms with Crippen molar-refractivity contribution in [2.24, 2.45) is 0 Å². The van der Waals surface area contributed by atoms with E-state index in [1.807, 2.05) is 31.2 Å². The average molecular weight is 252 g/mol. The fourth-order valence-electron chi connectivity index (χ4n) is 2.33. The number of aromatic hydroxyl groups is 1. The predicted octanol–water partition coefficient (Wildman–Crippen LogP) is 3.71. The molecule has 3 heteroatoms. The van der Waals surface area contributed by atoms with Crippen molar-refractivity contribution >= 4 is 27.5 Å². The van der Waals surface area contributed by atoms with Gasteiger partial charge in [0.05, 0.1) is 0 Å². The third-order valence-corrected chi connectivity index (χ3v) is 3.30. The maximum absolute atomic E-state index is 11.0. The molecule has 0 unspecified atom stereocenters. The molecule has 3 aromatic rings. The second-order valence-corrected chi connectivity index (χ2v) is 4.72. The van der Waals surface area contributed by atoms with Crippen LogP contribution in [-0.4, -0.2) is 16.2 Å². The summed E-state index contributed by atoms with van der Waals surface area (Å²) in [5.41, 5.74) is 1.09. The number of rotatable bonds is 1. The maximum Gasteiger partial charge on any atom is 0.339 e. The van der Waals surface area contributed by atoms with Gasteiger partial charge in [0.25, 0.3) is 0 Å². The van der Waals surface area contributed by atoms with Crippen molar-refractivity contribution in [2.75, 3.05) is 0 Å². The van der Waals surface area contributed by atoms with Crippen molar-refractivity contribution in [3.8, 4) is 5.75 Å². The quantitative estimate of drug-likeness (QED) is 0.649. The molecule has 3 nitrogen and oxygen atoms in total. The van der Waals surface area contributed by atoms with Crippen molar-refractivity contribution in [2.45, 2.75) is 6.92 Å². The molecule has 3 rings (SSSR count). The summed E-state index contributed by atoms with van der Waals surface area (Å²) in [6.45, 7) is 2.02. The molecule has 0 aliphatic carbocycles. The topological polar surface area (TPSA) is 57.5 Å². The van der Waals surface area contributed by atoms with Gasteiger partial charge in [-0.2, -0.15) is 0 Å². The Morgan fingerprint density at radius 3 is 2.26 bits per heavy atom. The SMILES string of the molecule is Cc1ccc2cc3cc(C(=O)O)c(O)cc3cc2c1. The second kappa shape index (κ2) is 3.99. The third kappa shape index (κ3) is 1.89. The predicted molar refractivity (Wildman–Crippen MR) is 74.8 cm³/mol. The number of phenols is 1. The van der Waals surface area contributed by atoms with Gasteiger partial charge in [0.1, 0.15) is 11.3 Å². The van der Waals surface area contributed by atoms with Crippen LogP contribution in [0.3, 0.4) is 0 Å². The van der Waals surface area contributed by atoms with Crippen LogP contribution in [0, 0.1) is 6.92 Å². The van der Waals surface area contributed by atoms with Gasteiger partial charge >= 0.3 is 5.97 Å². The summed E-state index contributed by atoms with van der Waals surface area (Å²) < 4.78 is 0. The molecule has 0 saturated carbocycles. The highest BCUT2D eigenvalue weighted by Gasteiger charge is 2.11. The average Bonchev–Trinajstić information content (AvgIpc) is 2.35. The summed E-state index contributed by atoms with van der Waals surface area (Å²) in [6, 6.07) is 13.0. The van der Waals surface area contributed by atoms with E-state index in [2.05, 4.69) is 6.07 Å². The van der Waals surface area contributed by atoms with Gasteiger partial charge in [-0.15, -0.1) is 0 Å². The monoisotopic (exact) mass is 252 g/mol. The van der Waals surface area contributed by atoms with E-state index in [1.54, 1.807) is 0 Å². The number of fused-ring (bicyclic) bond motifs is 2. The number of aryl methyl sites for hydroxylation is 1. The molecule has 94 valence electrons. The van der Waals surface area contributed by atoms with E-state index in [0.29, 0.717) is 0 Å². The smallest absolute Gasteiger partial charge is 0.339 e. The Labute approximate surface area is 109 Å². The lowest BCUT2D eigenvalue weighted by molar-refractivity contribution is 0.0694. The minimum Gasteiger partial charge on any atom is -0.507 e. The number of carbonyl (C=O) groups is 1. The fraction of sp³-hybridized carbons (Fsp3) is 0.0625. The summed E-state index contributed by atoms with van der Waals surface area (Å²) in [4.78, 5) is 11.0. The normalized spacial score (nSPS) is 11.0. The standard InChI is InChI=1S/C16H12O3/c1-9-2-3-10-5-12-7-14(16(18)19)15(17)8-13(12)6-11(10)4-9/h2-8,17H,1H3,(H,18,19). The zero-order chi connectivity index (χ0) is 13.6. The molecule has 0 aliphatic rings. The largest absolute Gasteiger partial charge is 0.507 e. The lowest BCUT2D eigenvalue weighted by Gasteiger charge is -2.06. The van der Waals surface area contributed by atoms with Crippen molar-refractivity contribution in [3.05, 3.63) is 53.6 Å². The van der Waals surface area contributed by atoms with Gasteiger partial charge in [0.2, 0.25) is 0 Å². The Kier molecular flexibility index (Phi) is 2.42. The maximum atomic E-state index is 11.0. The zero-order valence-electron chi connectivity index (χ0n) is 10.3. The highest BCUT2D eigenvalue weighted by Crippen LogP contribution is 2.29. The number of carboxylic acids is 1. The summed E-state index contributed by atoms with van der Waals surface area (Å²) in [5, 5.41) is 22.5. The molecule has 0 atom stereocenters. The van der Waals surface area contributed by atoms with Crippen LogP contribution < -0.4 is 0 Å². The first-order valence-electron chi connectivity index (χ1n) is 5.95. The first-order chi connectivity index (χ1) is 9.04. The van der Waals surface area contributed by atoms with Crippen LogP contribution >= 0.6 is 0 Å². The molecule has 0 aliphatic heterocycles. The van der Waals surface area contributed by atoms with Crippen molar-refractivity contribution < 1.29 is 15.0 Å². The van der Waals surface area contributed by atoms with E-state index in [-0.39, 0.29) is 11.3 Å². The van der Waals surface area contributed by atoms with Gasteiger partial charge in [0, 0.05) is 0 Å². The summed E-state index contributed by atoms with van der Waals surface area (Å²) in [7, 11) is 0. The number of hydrogen-bond donors (Lipinski definition) is 2. The minimum atomic E-state index is -1.12. The molecule has 0 heterocycles. The van der Waals surface area contributed by atoms with Crippen LogP contribution in [0.1, 0.15) is 15.9 Å². The number of benzene rings is 3. The first-order valence-corrected chi connectivity index (χ1v) is 5.95. The molecule has 3 aromatic carbocycles. The second-order valence-electron chi connectivity index (χ2n) is 4.72. The molecular formula is C16H12O3. The van der Waals surface area contributed by atoms with Gasteiger partial charge < -0.3 is 10.2 Å². The Hall–Kier alpha value is -2.55.